The van der Waals surface area contributed by atoms with E-state index in [-0.39, 0.29) is 0 Å². The Labute approximate surface area is 101 Å². The van der Waals surface area contributed by atoms with Gasteiger partial charge >= 0.3 is 0 Å². The summed E-state index contributed by atoms with van der Waals surface area (Å²) in [4.78, 5) is 2.83. The number of rotatable bonds is 2. The summed E-state index contributed by atoms with van der Waals surface area (Å²) in [5, 5.41) is 3.64. The van der Waals surface area contributed by atoms with Crippen molar-refractivity contribution in [2.75, 3.05) is 13.1 Å². The topological polar surface area (TPSA) is 15.3 Å². The van der Waals surface area contributed by atoms with E-state index in [2.05, 4.69) is 37.9 Å². The predicted molar refractivity (Wildman–Crippen MR) is 69.7 cm³/mol. The van der Waals surface area contributed by atoms with Crippen LogP contribution < -0.4 is 5.32 Å². The summed E-state index contributed by atoms with van der Waals surface area (Å²) < 4.78 is 0. The van der Waals surface area contributed by atoms with Crippen molar-refractivity contribution in [2.24, 2.45) is 5.92 Å². The molecule has 2 unspecified atom stereocenters. The normalized spacial score (nSPS) is 35.8. The van der Waals surface area contributed by atoms with E-state index in [1.165, 1.54) is 38.8 Å². The molecule has 0 radical (unpaired) electrons. The molecule has 1 saturated carbocycles. The summed E-state index contributed by atoms with van der Waals surface area (Å²) in [6.45, 7) is 12.0. The molecular weight excluding hydrogens is 196 g/mol. The molecule has 2 fully saturated rings. The summed E-state index contributed by atoms with van der Waals surface area (Å²) in [6, 6.07) is 1.40. The van der Waals surface area contributed by atoms with E-state index in [0.717, 1.165) is 12.0 Å². The molecule has 1 heterocycles. The lowest BCUT2D eigenvalue weighted by atomic mass is 9.89. The van der Waals surface area contributed by atoms with Crippen LogP contribution in [-0.4, -0.2) is 35.6 Å². The van der Waals surface area contributed by atoms with Gasteiger partial charge in [0.25, 0.3) is 0 Å². The van der Waals surface area contributed by atoms with Crippen molar-refractivity contribution in [2.45, 2.75) is 71.0 Å². The van der Waals surface area contributed by atoms with Crippen LogP contribution >= 0.6 is 0 Å². The third kappa shape index (κ3) is 2.28. The van der Waals surface area contributed by atoms with Crippen molar-refractivity contribution in [3.63, 3.8) is 0 Å². The lowest BCUT2D eigenvalue weighted by Gasteiger charge is -2.50. The molecule has 1 aliphatic heterocycles. The fraction of sp³-hybridized carbons (Fsp3) is 1.00. The second-order valence-corrected chi connectivity index (χ2v) is 6.48. The average molecular weight is 224 g/mol. The monoisotopic (exact) mass is 224 g/mol. The maximum absolute atomic E-state index is 3.64. The second-order valence-electron chi connectivity index (χ2n) is 6.48. The summed E-state index contributed by atoms with van der Waals surface area (Å²) in [5.74, 6) is 0.762. The molecule has 0 aromatic rings. The predicted octanol–water partition coefficient (Wildman–Crippen LogP) is 2.64. The minimum Gasteiger partial charge on any atom is -0.311 e. The van der Waals surface area contributed by atoms with Crippen molar-refractivity contribution >= 4 is 0 Å². The van der Waals surface area contributed by atoms with Crippen LogP contribution in [0.3, 0.4) is 0 Å². The maximum Gasteiger partial charge on any atom is 0.0249 e. The van der Waals surface area contributed by atoms with Gasteiger partial charge in [-0.15, -0.1) is 0 Å². The van der Waals surface area contributed by atoms with Gasteiger partial charge < -0.3 is 5.32 Å². The molecule has 2 nitrogen and oxygen atoms in total. The SMILES string of the molecule is CC1CN(C2(C)CCCC2)C(C(C)C)CN1. The average Bonchev–Trinajstić information content (AvgIpc) is 2.66. The first-order valence-corrected chi connectivity index (χ1v) is 7.03. The number of hydrogen-bond acceptors (Lipinski definition) is 2. The first kappa shape index (κ1) is 12.4. The maximum atomic E-state index is 3.64. The van der Waals surface area contributed by atoms with Gasteiger partial charge in [-0.05, 0) is 32.6 Å². The molecule has 1 saturated heterocycles. The Morgan fingerprint density at radius 2 is 1.88 bits per heavy atom. The molecule has 94 valence electrons. The van der Waals surface area contributed by atoms with Gasteiger partial charge in [-0.3, -0.25) is 4.90 Å². The summed E-state index contributed by atoms with van der Waals surface area (Å²) >= 11 is 0. The Morgan fingerprint density at radius 1 is 1.25 bits per heavy atom. The van der Waals surface area contributed by atoms with E-state index in [0.29, 0.717) is 11.6 Å². The highest BCUT2D eigenvalue weighted by Crippen LogP contribution is 2.38. The number of nitrogens with zero attached hydrogens (tertiary/aromatic N) is 1. The van der Waals surface area contributed by atoms with E-state index in [4.69, 9.17) is 0 Å². The van der Waals surface area contributed by atoms with Crippen LogP contribution in [0.4, 0.5) is 0 Å². The molecule has 0 aromatic heterocycles. The largest absolute Gasteiger partial charge is 0.311 e. The molecule has 1 aliphatic carbocycles. The minimum absolute atomic E-state index is 0.491. The van der Waals surface area contributed by atoms with Crippen LogP contribution in [0.5, 0.6) is 0 Å². The lowest BCUT2D eigenvalue weighted by molar-refractivity contribution is 0.00630. The van der Waals surface area contributed by atoms with Crippen LogP contribution in [0.2, 0.25) is 0 Å². The van der Waals surface area contributed by atoms with Crippen LogP contribution in [0.1, 0.15) is 53.4 Å². The van der Waals surface area contributed by atoms with Gasteiger partial charge in [-0.2, -0.15) is 0 Å². The van der Waals surface area contributed by atoms with Gasteiger partial charge in [-0.25, -0.2) is 0 Å². The zero-order valence-electron chi connectivity index (χ0n) is 11.4. The standard InChI is InChI=1S/C14H28N2/c1-11(2)13-9-15-12(3)10-16(13)14(4)7-5-6-8-14/h11-13,15H,5-10H2,1-4H3. The van der Waals surface area contributed by atoms with Crippen LogP contribution in [0.25, 0.3) is 0 Å². The third-order valence-electron chi connectivity index (χ3n) is 4.69. The van der Waals surface area contributed by atoms with Crippen molar-refractivity contribution < 1.29 is 0 Å². The van der Waals surface area contributed by atoms with E-state index in [1.54, 1.807) is 0 Å². The molecule has 0 aromatic carbocycles. The van der Waals surface area contributed by atoms with Gasteiger partial charge in [-0.1, -0.05) is 26.7 Å². The molecule has 2 heteroatoms. The first-order valence-electron chi connectivity index (χ1n) is 7.03. The van der Waals surface area contributed by atoms with Crippen molar-refractivity contribution in [3.8, 4) is 0 Å². The van der Waals surface area contributed by atoms with Crippen molar-refractivity contribution in [1.82, 2.24) is 10.2 Å². The highest BCUT2D eigenvalue weighted by Gasteiger charge is 2.41. The Kier molecular flexibility index (Phi) is 3.60. The zero-order chi connectivity index (χ0) is 11.8. The van der Waals surface area contributed by atoms with Crippen LogP contribution in [0, 0.1) is 5.92 Å². The zero-order valence-corrected chi connectivity index (χ0v) is 11.4. The molecule has 2 atom stereocenters. The molecule has 0 amide bonds. The molecule has 2 aliphatic rings. The smallest absolute Gasteiger partial charge is 0.0249 e. The van der Waals surface area contributed by atoms with Crippen LogP contribution in [0.15, 0.2) is 0 Å². The fourth-order valence-corrected chi connectivity index (χ4v) is 3.57. The second kappa shape index (κ2) is 4.66. The molecular formula is C14H28N2. The Hall–Kier alpha value is -0.0800. The van der Waals surface area contributed by atoms with E-state index >= 15 is 0 Å². The Balaban J connectivity index is 2.13. The highest BCUT2D eigenvalue weighted by atomic mass is 15.3. The number of hydrogen-bond donors (Lipinski definition) is 1. The molecule has 16 heavy (non-hydrogen) atoms. The van der Waals surface area contributed by atoms with Crippen LogP contribution in [-0.2, 0) is 0 Å². The first-order chi connectivity index (χ1) is 7.53. The minimum atomic E-state index is 0.491. The van der Waals surface area contributed by atoms with E-state index in [9.17, 15) is 0 Å². The molecule has 0 spiro atoms. The van der Waals surface area contributed by atoms with E-state index < -0.39 is 0 Å². The molecule has 0 bridgehead atoms. The molecule has 2 rings (SSSR count). The lowest BCUT2D eigenvalue weighted by Crippen LogP contribution is -2.63. The van der Waals surface area contributed by atoms with Crippen molar-refractivity contribution in [1.29, 1.82) is 0 Å². The third-order valence-corrected chi connectivity index (χ3v) is 4.69. The van der Waals surface area contributed by atoms with Gasteiger partial charge in [0.1, 0.15) is 0 Å². The van der Waals surface area contributed by atoms with Gasteiger partial charge in [0.15, 0.2) is 0 Å². The summed E-state index contributed by atoms with van der Waals surface area (Å²) in [6.07, 6.45) is 5.67. The van der Waals surface area contributed by atoms with E-state index in [1.807, 2.05) is 0 Å². The summed E-state index contributed by atoms with van der Waals surface area (Å²) in [5.41, 5.74) is 0.491. The quantitative estimate of drug-likeness (QED) is 0.776. The van der Waals surface area contributed by atoms with Crippen molar-refractivity contribution in [3.05, 3.63) is 0 Å². The van der Waals surface area contributed by atoms with Gasteiger partial charge in [0.05, 0.1) is 0 Å². The van der Waals surface area contributed by atoms with Gasteiger partial charge in [0, 0.05) is 30.7 Å². The molecule has 1 N–H and O–H groups in total. The fourth-order valence-electron chi connectivity index (χ4n) is 3.57. The van der Waals surface area contributed by atoms with Gasteiger partial charge in [0.2, 0.25) is 0 Å². The Bertz CT molecular complexity index is 231. The number of nitrogens with one attached hydrogen (secondary N) is 1. The Morgan fingerprint density at radius 3 is 2.44 bits per heavy atom. The summed E-state index contributed by atoms with van der Waals surface area (Å²) in [7, 11) is 0. The highest BCUT2D eigenvalue weighted by molar-refractivity contribution is 4.98. The number of piperazine rings is 1.